The molecule has 1 aromatic heterocycles. The van der Waals surface area contributed by atoms with Crippen LogP contribution < -0.4 is 10.5 Å². The summed E-state index contributed by atoms with van der Waals surface area (Å²) in [6.07, 6.45) is 0.530. The summed E-state index contributed by atoms with van der Waals surface area (Å²) in [5.74, 6) is -0.0935. The number of rotatable bonds is 2. The van der Waals surface area contributed by atoms with Crippen molar-refractivity contribution < 1.29 is 9.13 Å². The maximum Gasteiger partial charge on any atom is 0.237 e. The normalized spacial score (nSPS) is 9.92. The Morgan fingerprint density at radius 3 is 2.83 bits per heavy atom. The standard InChI is InChI=1S/C8H11FN2O/c1-3-7-5(9)4-6(10)8(11-7)12-2/h4H,3,10H2,1-2H3. The molecule has 0 bridgehead atoms. The van der Waals surface area contributed by atoms with E-state index in [1.54, 1.807) is 0 Å². The Bertz CT molecular complexity index is 263. The van der Waals surface area contributed by atoms with Gasteiger partial charge in [0.15, 0.2) is 0 Å². The van der Waals surface area contributed by atoms with Gasteiger partial charge in [0.1, 0.15) is 5.82 Å². The molecule has 1 rings (SSSR count). The van der Waals surface area contributed by atoms with Crippen molar-refractivity contribution in [2.24, 2.45) is 0 Å². The van der Waals surface area contributed by atoms with Crippen LogP contribution in [-0.4, -0.2) is 12.1 Å². The minimum Gasteiger partial charge on any atom is -0.480 e. The second-order valence-corrected chi connectivity index (χ2v) is 2.37. The lowest BCUT2D eigenvalue weighted by molar-refractivity contribution is 0.396. The molecule has 0 aromatic carbocycles. The maximum atomic E-state index is 13.0. The van der Waals surface area contributed by atoms with E-state index in [2.05, 4.69) is 4.98 Å². The number of nitrogen functional groups attached to an aromatic ring is 1. The third-order valence-electron chi connectivity index (χ3n) is 1.57. The molecule has 3 nitrogen and oxygen atoms in total. The number of pyridine rings is 1. The number of methoxy groups -OCH3 is 1. The average molecular weight is 170 g/mol. The summed E-state index contributed by atoms with van der Waals surface area (Å²) in [5, 5.41) is 0. The van der Waals surface area contributed by atoms with Crippen molar-refractivity contribution in [1.82, 2.24) is 4.98 Å². The second kappa shape index (κ2) is 3.38. The van der Waals surface area contributed by atoms with Crippen molar-refractivity contribution in [3.63, 3.8) is 0 Å². The molecule has 0 unspecified atom stereocenters. The van der Waals surface area contributed by atoms with Crippen molar-refractivity contribution in [3.05, 3.63) is 17.6 Å². The first-order valence-corrected chi connectivity index (χ1v) is 3.68. The molecule has 0 fully saturated rings. The summed E-state index contributed by atoms with van der Waals surface area (Å²) in [4.78, 5) is 3.89. The average Bonchev–Trinajstić information content (AvgIpc) is 2.05. The van der Waals surface area contributed by atoms with Gasteiger partial charge in [-0.3, -0.25) is 0 Å². The van der Waals surface area contributed by atoms with Crippen LogP contribution in [0.3, 0.4) is 0 Å². The molecule has 0 radical (unpaired) electrons. The highest BCUT2D eigenvalue weighted by atomic mass is 19.1. The molecule has 0 aliphatic carbocycles. The zero-order valence-corrected chi connectivity index (χ0v) is 7.10. The van der Waals surface area contributed by atoms with Crippen LogP contribution in [0.15, 0.2) is 6.07 Å². The fraction of sp³-hybridized carbons (Fsp3) is 0.375. The molecule has 0 aliphatic heterocycles. The molecular formula is C8H11FN2O. The van der Waals surface area contributed by atoms with Crippen molar-refractivity contribution in [3.8, 4) is 5.88 Å². The number of hydrogen-bond donors (Lipinski definition) is 1. The van der Waals surface area contributed by atoms with Crippen LogP contribution in [0.5, 0.6) is 5.88 Å². The van der Waals surface area contributed by atoms with E-state index in [1.165, 1.54) is 13.2 Å². The number of aryl methyl sites for hydroxylation is 1. The van der Waals surface area contributed by atoms with E-state index in [4.69, 9.17) is 10.5 Å². The van der Waals surface area contributed by atoms with Crippen molar-refractivity contribution in [2.75, 3.05) is 12.8 Å². The highest BCUT2D eigenvalue weighted by Gasteiger charge is 2.07. The quantitative estimate of drug-likeness (QED) is 0.729. The molecule has 0 atom stereocenters. The van der Waals surface area contributed by atoms with Gasteiger partial charge in [-0.15, -0.1) is 0 Å². The Labute approximate surface area is 70.4 Å². The Kier molecular flexibility index (Phi) is 2.47. The lowest BCUT2D eigenvalue weighted by Crippen LogP contribution is -2.01. The van der Waals surface area contributed by atoms with Crippen LogP contribution >= 0.6 is 0 Å². The zero-order valence-electron chi connectivity index (χ0n) is 7.10. The molecule has 4 heteroatoms. The summed E-state index contributed by atoms with van der Waals surface area (Å²) >= 11 is 0. The van der Waals surface area contributed by atoms with Gasteiger partial charge in [-0.1, -0.05) is 6.92 Å². The fourth-order valence-corrected chi connectivity index (χ4v) is 0.934. The summed E-state index contributed by atoms with van der Waals surface area (Å²) < 4.78 is 17.8. The molecule has 0 saturated heterocycles. The van der Waals surface area contributed by atoms with E-state index in [-0.39, 0.29) is 17.4 Å². The SMILES string of the molecule is CCc1nc(OC)c(N)cc1F. The lowest BCUT2D eigenvalue weighted by atomic mass is 10.2. The summed E-state index contributed by atoms with van der Waals surface area (Å²) in [5.41, 5.74) is 6.03. The molecular weight excluding hydrogens is 159 g/mol. The Balaban J connectivity index is 3.18. The molecule has 0 amide bonds. The molecule has 0 saturated carbocycles. The van der Waals surface area contributed by atoms with Crippen LogP contribution in [-0.2, 0) is 6.42 Å². The van der Waals surface area contributed by atoms with E-state index in [0.717, 1.165) is 0 Å². The van der Waals surface area contributed by atoms with Crippen molar-refractivity contribution >= 4 is 5.69 Å². The minimum absolute atomic E-state index is 0.229. The first kappa shape index (κ1) is 8.77. The Morgan fingerprint density at radius 1 is 1.67 bits per heavy atom. The maximum absolute atomic E-state index is 13.0. The molecule has 66 valence electrons. The van der Waals surface area contributed by atoms with E-state index in [1.807, 2.05) is 6.92 Å². The van der Waals surface area contributed by atoms with Gasteiger partial charge in [-0.2, -0.15) is 0 Å². The van der Waals surface area contributed by atoms with E-state index >= 15 is 0 Å². The minimum atomic E-state index is -0.379. The van der Waals surface area contributed by atoms with Gasteiger partial charge >= 0.3 is 0 Å². The molecule has 1 aromatic rings. The van der Waals surface area contributed by atoms with Gasteiger partial charge < -0.3 is 10.5 Å². The zero-order chi connectivity index (χ0) is 9.14. The topological polar surface area (TPSA) is 48.1 Å². The monoisotopic (exact) mass is 170 g/mol. The first-order chi connectivity index (χ1) is 5.69. The van der Waals surface area contributed by atoms with E-state index in [0.29, 0.717) is 12.1 Å². The Hall–Kier alpha value is -1.32. The highest BCUT2D eigenvalue weighted by molar-refractivity contribution is 5.48. The molecule has 1 heterocycles. The number of hydrogen-bond acceptors (Lipinski definition) is 3. The van der Waals surface area contributed by atoms with Crippen LogP contribution in [0, 0.1) is 5.82 Å². The van der Waals surface area contributed by atoms with Crippen LogP contribution in [0.25, 0.3) is 0 Å². The molecule has 0 aliphatic rings. The number of halogens is 1. The number of ether oxygens (including phenoxy) is 1. The molecule has 2 N–H and O–H groups in total. The largest absolute Gasteiger partial charge is 0.480 e. The van der Waals surface area contributed by atoms with Gasteiger partial charge in [0.2, 0.25) is 5.88 Å². The van der Waals surface area contributed by atoms with Gasteiger partial charge in [0.05, 0.1) is 18.5 Å². The van der Waals surface area contributed by atoms with Crippen molar-refractivity contribution in [1.29, 1.82) is 0 Å². The van der Waals surface area contributed by atoms with Crippen LogP contribution in [0.4, 0.5) is 10.1 Å². The predicted octanol–water partition coefficient (Wildman–Crippen LogP) is 1.37. The highest BCUT2D eigenvalue weighted by Crippen LogP contribution is 2.20. The summed E-state index contributed by atoms with van der Waals surface area (Å²) in [7, 11) is 1.45. The second-order valence-electron chi connectivity index (χ2n) is 2.37. The van der Waals surface area contributed by atoms with Gasteiger partial charge in [-0.05, 0) is 6.42 Å². The fourth-order valence-electron chi connectivity index (χ4n) is 0.934. The number of nitrogens with two attached hydrogens (primary N) is 1. The number of aromatic nitrogens is 1. The number of anilines is 1. The molecule has 0 spiro atoms. The van der Waals surface area contributed by atoms with E-state index in [9.17, 15) is 4.39 Å². The summed E-state index contributed by atoms with van der Waals surface area (Å²) in [6, 6.07) is 1.23. The van der Waals surface area contributed by atoms with Crippen molar-refractivity contribution in [2.45, 2.75) is 13.3 Å². The predicted molar refractivity (Wildman–Crippen MR) is 44.5 cm³/mol. The van der Waals surface area contributed by atoms with Crippen LogP contribution in [0.2, 0.25) is 0 Å². The first-order valence-electron chi connectivity index (χ1n) is 3.68. The number of nitrogens with zero attached hydrogens (tertiary/aromatic N) is 1. The third kappa shape index (κ3) is 1.47. The third-order valence-corrected chi connectivity index (χ3v) is 1.57. The van der Waals surface area contributed by atoms with Gasteiger partial charge in [0.25, 0.3) is 0 Å². The van der Waals surface area contributed by atoms with Crippen LogP contribution in [0.1, 0.15) is 12.6 Å². The smallest absolute Gasteiger partial charge is 0.237 e. The molecule has 12 heavy (non-hydrogen) atoms. The van der Waals surface area contributed by atoms with Gasteiger partial charge in [0, 0.05) is 6.07 Å². The lowest BCUT2D eigenvalue weighted by Gasteiger charge is -2.05. The summed E-state index contributed by atoms with van der Waals surface area (Å²) in [6.45, 7) is 1.82. The Morgan fingerprint density at radius 2 is 2.33 bits per heavy atom. The van der Waals surface area contributed by atoms with Gasteiger partial charge in [-0.25, -0.2) is 9.37 Å². The van der Waals surface area contributed by atoms with E-state index < -0.39 is 0 Å².